The van der Waals surface area contributed by atoms with Crippen LogP contribution in [0.15, 0.2) is 35.9 Å². The molecule has 3 nitrogen and oxygen atoms in total. The molecule has 15 heavy (non-hydrogen) atoms. The fourth-order valence-corrected chi connectivity index (χ4v) is 1.45. The maximum absolute atomic E-state index is 10.5. The zero-order valence-corrected chi connectivity index (χ0v) is 10.4. The minimum atomic E-state index is -0.915. The summed E-state index contributed by atoms with van der Waals surface area (Å²) in [6.45, 7) is 1.82. The van der Waals surface area contributed by atoms with Crippen LogP contribution >= 0.6 is 22.6 Å². The predicted molar refractivity (Wildman–Crippen MR) is 66.0 cm³/mol. The number of ether oxygens (including phenoxy) is 1. The summed E-state index contributed by atoms with van der Waals surface area (Å²) in [6.07, 6.45) is 1.55. The SMILES string of the molecule is CC(=CCOc1ccccc1I)C(=O)O. The molecule has 0 aliphatic heterocycles. The Bertz CT molecular complexity index is 385. The molecule has 0 radical (unpaired) electrons. The van der Waals surface area contributed by atoms with Crippen LogP contribution in [0.2, 0.25) is 0 Å². The Balaban J connectivity index is 2.55. The molecule has 1 N–H and O–H groups in total. The van der Waals surface area contributed by atoms with Gasteiger partial charge in [-0.2, -0.15) is 0 Å². The Labute approximate surface area is 102 Å². The van der Waals surface area contributed by atoms with Gasteiger partial charge < -0.3 is 9.84 Å². The lowest BCUT2D eigenvalue weighted by molar-refractivity contribution is -0.132. The average Bonchev–Trinajstić information content (AvgIpc) is 2.20. The lowest BCUT2D eigenvalue weighted by Gasteiger charge is -2.05. The van der Waals surface area contributed by atoms with Crippen LogP contribution in [0.4, 0.5) is 0 Å². The number of benzene rings is 1. The fourth-order valence-electron chi connectivity index (χ4n) is 0.906. The van der Waals surface area contributed by atoms with Gasteiger partial charge in [0, 0.05) is 5.57 Å². The molecule has 0 heterocycles. The summed E-state index contributed by atoms with van der Waals surface area (Å²) < 4.78 is 6.42. The second-order valence-corrected chi connectivity index (χ2v) is 4.10. The molecule has 0 aliphatic rings. The zero-order valence-electron chi connectivity index (χ0n) is 8.24. The molecular formula is C11H11IO3. The topological polar surface area (TPSA) is 46.5 Å². The van der Waals surface area contributed by atoms with Gasteiger partial charge in [-0.25, -0.2) is 4.79 Å². The Kier molecular flexibility index (Phi) is 4.61. The van der Waals surface area contributed by atoms with Gasteiger partial charge in [-0.1, -0.05) is 12.1 Å². The van der Waals surface area contributed by atoms with Gasteiger partial charge in [0.05, 0.1) is 3.57 Å². The number of rotatable bonds is 4. The lowest BCUT2D eigenvalue weighted by Crippen LogP contribution is -2.01. The monoisotopic (exact) mass is 318 g/mol. The van der Waals surface area contributed by atoms with Gasteiger partial charge in [-0.05, 0) is 47.7 Å². The van der Waals surface area contributed by atoms with E-state index in [1.165, 1.54) is 0 Å². The second-order valence-electron chi connectivity index (χ2n) is 2.93. The van der Waals surface area contributed by atoms with Crippen molar-refractivity contribution in [2.75, 3.05) is 6.61 Å². The molecule has 0 aliphatic carbocycles. The molecule has 1 rings (SSSR count). The van der Waals surface area contributed by atoms with Crippen LogP contribution in [-0.4, -0.2) is 17.7 Å². The summed E-state index contributed by atoms with van der Waals surface area (Å²) in [5, 5.41) is 8.61. The Morgan fingerprint density at radius 1 is 1.53 bits per heavy atom. The number of carboxylic acid groups (broad SMARTS) is 1. The van der Waals surface area contributed by atoms with Crippen molar-refractivity contribution in [1.29, 1.82) is 0 Å². The van der Waals surface area contributed by atoms with Crippen LogP contribution < -0.4 is 4.74 Å². The molecule has 4 heteroatoms. The van der Waals surface area contributed by atoms with Crippen molar-refractivity contribution in [1.82, 2.24) is 0 Å². The van der Waals surface area contributed by atoms with E-state index in [0.717, 1.165) is 9.32 Å². The van der Waals surface area contributed by atoms with Crippen LogP contribution in [0.5, 0.6) is 5.75 Å². The Morgan fingerprint density at radius 2 is 2.20 bits per heavy atom. The summed E-state index contributed by atoms with van der Waals surface area (Å²) >= 11 is 2.17. The molecule has 0 spiro atoms. The predicted octanol–water partition coefficient (Wildman–Crippen LogP) is 2.70. The summed E-state index contributed by atoms with van der Waals surface area (Å²) in [5.41, 5.74) is 0.293. The molecular weight excluding hydrogens is 307 g/mol. The highest BCUT2D eigenvalue weighted by Crippen LogP contribution is 2.19. The van der Waals surface area contributed by atoms with E-state index in [-0.39, 0.29) is 6.61 Å². The Morgan fingerprint density at radius 3 is 2.80 bits per heavy atom. The van der Waals surface area contributed by atoms with E-state index < -0.39 is 5.97 Å². The molecule has 0 unspecified atom stereocenters. The number of carboxylic acids is 1. The first-order valence-corrected chi connectivity index (χ1v) is 5.46. The van der Waals surface area contributed by atoms with Gasteiger partial charge >= 0.3 is 5.97 Å². The van der Waals surface area contributed by atoms with E-state index in [0.29, 0.717) is 5.57 Å². The molecule has 0 saturated carbocycles. The van der Waals surface area contributed by atoms with Crippen LogP contribution in [0.1, 0.15) is 6.92 Å². The molecule has 0 fully saturated rings. The number of hydrogen-bond acceptors (Lipinski definition) is 2. The quantitative estimate of drug-likeness (QED) is 0.686. The maximum Gasteiger partial charge on any atom is 0.331 e. The first kappa shape index (κ1) is 12.0. The van der Waals surface area contributed by atoms with Crippen molar-refractivity contribution in [2.24, 2.45) is 0 Å². The summed E-state index contributed by atoms with van der Waals surface area (Å²) in [6, 6.07) is 7.59. The van der Waals surface area contributed by atoms with E-state index in [2.05, 4.69) is 22.6 Å². The van der Waals surface area contributed by atoms with Crippen LogP contribution in [-0.2, 0) is 4.79 Å². The highest BCUT2D eigenvalue weighted by Gasteiger charge is 2.00. The molecule has 0 bridgehead atoms. The Hall–Kier alpha value is -1.04. The van der Waals surface area contributed by atoms with Crippen molar-refractivity contribution in [2.45, 2.75) is 6.92 Å². The highest BCUT2D eigenvalue weighted by atomic mass is 127. The molecule has 1 aromatic rings. The van der Waals surface area contributed by atoms with Gasteiger partial charge in [0.2, 0.25) is 0 Å². The molecule has 0 aromatic heterocycles. The normalized spacial score (nSPS) is 11.2. The van der Waals surface area contributed by atoms with Crippen molar-refractivity contribution in [3.05, 3.63) is 39.5 Å². The van der Waals surface area contributed by atoms with Gasteiger partial charge in [0.1, 0.15) is 12.4 Å². The van der Waals surface area contributed by atoms with E-state index >= 15 is 0 Å². The third-order valence-electron chi connectivity index (χ3n) is 1.80. The average molecular weight is 318 g/mol. The summed E-state index contributed by atoms with van der Waals surface area (Å²) in [5.74, 6) is -0.145. The van der Waals surface area contributed by atoms with Crippen molar-refractivity contribution in [3.8, 4) is 5.75 Å². The van der Waals surface area contributed by atoms with E-state index in [9.17, 15) is 4.79 Å². The number of para-hydroxylation sites is 1. The van der Waals surface area contributed by atoms with Gasteiger partial charge in [-0.15, -0.1) is 0 Å². The van der Waals surface area contributed by atoms with Gasteiger partial charge in [0.25, 0.3) is 0 Å². The molecule has 1 aromatic carbocycles. The summed E-state index contributed by atoms with van der Waals surface area (Å²) in [4.78, 5) is 10.5. The number of hydrogen-bond donors (Lipinski definition) is 1. The minimum absolute atomic E-state index is 0.276. The van der Waals surface area contributed by atoms with Gasteiger partial charge in [0.15, 0.2) is 0 Å². The molecule has 0 atom stereocenters. The largest absolute Gasteiger partial charge is 0.488 e. The fraction of sp³-hybridized carbons (Fsp3) is 0.182. The second kappa shape index (κ2) is 5.75. The zero-order chi connectivity index (χ0) is 11.3. The van der Waals surface area contributed by atoms with Crippen molar-refractivity contribution in [3.63, 3.8) is 0 Å². The number of aliphatic carboxylic acids is 1. The maximum atomic E-state index is 10.5. The molecule has 0 saturated heterocycles. The van der Waals surface area contributed by atoms with Crippen molar-refractivity contribution < 1.29 is 14.6 Å². The standard InChI is InChI=1S/C11H11IO3/c1-8(11(13)14)6-7-15-10-5-3-2-4-9(10)12/h2-6H,7H2,1H3,(H,13,14). The van der Waals surface area contributed by atoms with Crippen LogP contribution in [0, 0.1) is 3.57 Å². The van der Waals surface area contributed by atoms with E-state index in [1.807, 2.05) is 24.3 Å². The smallest absolute Gasteiger partial charge is 0.331 e. The number of carbonyl (C=O) groups is 1. The first-order chi connectivity index (χ1) is 7.11. The van der Waals surface area contributed by atoms with Gasteiger partial charge in [-0.3, -0.25) is 0 Å². The van der Waals surface area contributed by atoms with E-state index in [1.54, 1.807) is 13.0 Å². The van der Waals surface area contributed by atoms with Crippen LogP contribution in [0.3, 0.4) is 0 Å². The molecule has 80 valence electrons. The first-order valence-electron chi connectivity index (χ1n) is 4.38. The molecule has 0 amide bonds. The lowest BCUT2D eigenvalue weighted by atomic mass is 10.3. The third kappa shape index (κ3) is 3.91. The van der Waals surface area contributed by atoms with E-state index in [4.69, 9.17) is 9.84 Å². The number of halogens is 1. The highest BCUT2D eigenvalue weighted by molar-refractivity contribution is 14.1. The third-order valence-corrected chi connectivity index (χ3v) is 2.69. The summed E-state index contributed by atoms with van der Waals surface area (Å²) in [7, 11) is 0. The van der Waals surface area contributed by atoms with Crippen LogP contribution in [0.25, 0.3) is 0 Å². The minimum Gasteiger partial charge on any atom is -0.488 e. The van der Waals surface area contributed by atoms with Crippen molar-refractivity contribution >= 4 is 28.6 Å².